The van der Waals surface area contributed by atoms with E-state index >= 15 is 0 Å². The Bertz CT molecular complexity index is 468. The third-order valence-corrected chi connectivity index (χ3v) is 2.75. The van der Waals surface area contributed by atoms with Crippen LogP contribution in [-0.2, 0) is 0 Å². The molecule has 0 bridgehead atoms. The number of hydrogen-bond donors (Lipinski definition) is 1. The maximum absolute atomic E-state index is 11.1. The van der Waals surface area contributed by atoms with Crippen molar-refractivity contribution in [2.75, 3.05) is 0 Å². The van der Waals surface area contributed by atoms with Crippen LogP contribution in [0.3, 0.4) is 0 Å². The third kappa shape index (κ3) is 2.19. The first-order valence-electron chi connectivity index (χ1n) is 4.22. The van der Waals surface area contributed by atoms with Crippen molar-refractivity contribution in [2.24, 2.45) is 5.73 Å². The van der Waals surface area contributed by atoms with Gasteiger partial charge in [0.15, 0.2) is 11.5 Å². The molecule has 0 spiro atoms. The summed E-state index contributed by atoms with van der Waals surface area (Å²) < 4.78 is 5.07. The fourth-order valence-electron chi connectivity index (χ4n) is 1.12. The lowest BCUT2D eigenvalue weighted by atomic mass is 10.2. The number of amides is 1. The van der Waals surface area contributed by atoms with Gasteiger partial charge in [-0.2, -0.15) is 0 Å². The molecule has 2 rings (SSSR count). The molecule has 1 aromatic heterocycles. The van der Waals surface area contributed by atoms with Crippen LogP contribution in [0.4, 0.5) is 0 Å². The molecule has 76 valence electrons. The van der Waals surface area contributed by atoms with Gasteiger partial charge in [0.25, 0.3) is 0 Å². The predicted octanol–water partition coefficient (Wildman–Crippen LogP) is 1.92. The number of benzene rings is 1. The molecule has 0 aliphatic carbocycles. The van der Waals surface area contributed by atoms with Crippen molar-refractivity contribution in [3.63, 3.8) is 0 Å². The molecule has 1 heterocycles. The van der Waals surface area contributed by atoms with Gasteiger partial charge in [-0.25, -0.2) is 4.98 Å². The van der Waals surface area contributed by atoms with E-state index in [-0.39, 0.29) is 0 Å². The molecule has 0 radical (unpaired) electrons. The van der Waals surface area contributed by atoms with Crippen LogP contribution in [0.25, 0.3) is 0 Å². The standard InChI is InChI=1S/C10H8N2O2S/c11-10(13)7-3-1-2-4-8(7)15-9-5-12-6-14-9/h1-6H,(H2,11,13). The summed E-state index contributed by atoms with van der Waals surface area (Å²) in [6.45, 7) is 0. The van der Waals surface area contributed by atoms with Crippen LogP contribution in [0, 0.1) is 0 Å². The zero-order valence-corrected chi connectivity index (χ0v) is 8.53. The van der Waals surface area contributed by atoms with E-state index in [0.717, 1.165) is 4.90 Å². The molecule has 0 atom stereocenters. The molecule has 0 saturated carbocycles. The number of nitrogens with zero attached hydrogens (tertiary/aromatic N) is 1. The largest absolute Gasteiger partial charge is 0.437 e. The molecule has 2 aromatic rings. The first-order chi connectivity index (χ1) is 7.27. The van der Waals surface area contributed by atoms with Crippen LogP contribution in [-0.4, -0.2) is 10.9 Å². The minimum Gasteiger partial charge on any atom is -0.437 e. The third-order valence-electron chi connectivity index (χ3n) is 1.77. The smallest absolute Gasteiger partial charge is 0.249 e. The van der Waals surface area contributed by atoms with Gasteiger partial charge < -0.3 is 10.2 Å². The zero-order chi connectivity index (χ0) is 10.7. The summed E-state index contributed by atoms with van der Waals surface area (Å²) in [6.07, 6.45) is 2.93. The molecule has 0 aliphatic rings. The van der Waals surface area contributed by atoms with E-state index in [1.165, 1.54) is 18.2 Å². The normalized spacial score (nSPS) is 10.1. The Morgan fingerprint density at radius 2 is 2.20 bits per heavy atom. The molecule has 0 unspecified atom stereocenters. The molecule has 4 nitrogen and oxygen atoms in total. The maximum Gasteiger partial charge on any atom is 0.249 e. The SMILES string of the molecule is NC(=O)c1ccccc1Sc1cnco1. The van der Waals surface area contributed by atoms with E-state index in [4.69, 9.17) is 10.2 Å². The zero-order valence-electron chi connectivity index (χ0n) is 7.71. The lowest BCUT2D eigenvalue weighted by Crippen LogP contribution is -2.11. The Hall–Kier alpha value is -1.75. The predicted molar refractivity (Wildman–Crippen MR) is 55.6 cm³/mol. The Morgan fingerprint density at radius 1 is 1.40 bits per heavy atom. The average molecular weight is 220 g/mol. The van der Waals surface area contributed by atoms with Gasteiger partial charge in [-0.05, 0) is 23.9 Å². The highest BCUT2D eigenvalue weighted by molar-refractivity contribution is 7.99. The number of primary amides is 1. The van der Waals surface area contributed by atoms with E-state index in [9.17, 15) is 4.79 Å². The summed E-state index contributed by atoms with van der Waals surface area (Å²) in [7, 11) is 0. The quantitative estimate of drug-likeness (QED) is 0.858. The maximum atomic E-state index is 11.1. The van der Waals surface area contributed by atoms with Gasteiger partial charge in [0.05, 0.1) is 11.8 Å². The second kappa shape index (κ2) is 4.18. The minimum absolute atomic E-state index is 0.447. The fraction of sp³-hybridized carbons (Fsp3) is 0. The van der Waals surface area contributed by atoms with Gasteiger partial charge in [0.1, 0.15) is 0 Å². The number of rotatable bonds is 3. The molecular weight excluding hydrogens is 212 g/mol. The number of oxazole rings is 1. The van der Waals surface area contributed by atoms with E-state index in [2.05, 4.69) is 4.98 Å². The highest BCUT2D eigenvalue weighted by atomic mass is 32.2. The van der Waals surface area contributed by atoms with Crippen molar-refractivity contribution in [2.45, 2.75) is 9.99 Å². The summed E-state index contributed by atoms with van der Waals surface area (Å²) in [4.78, 5) is 15.7. The van der Waals surface area contributed by atoms with Gasteiger partial charge in [0.2, 0.25) is 5.91 Å². The van der Waals surface area contributed by atoms with E-state index in [1.54, 1.807) is 18.3 Å². The Kier molecular flexibility index (Phi) is 2.73. The highest BCUT2D eigenvalue weighted by Crippen LogP contribution is 2.29. The van der Waals surface area contributed by atoms with Gasteiger partial charge in [-0.15, -0.1) is 0 Å². The molecule has 0 aliphatic heterocycles. The number of carbonyl (C=O) groups is 1. The first-order valence-corrected chi connectivity index (χ1v) is 5.04. The molecule has 15 heavy (non-hydrogen) atoms. The lowest BCUT2D eigenvalue weighted by molar-refractivity contribution is 0.0997. The highest BCUT2D eigenvalue weighted by Gasteiger charge is 2.09. The van der Waals surface area contributed by atoms with Crippen LogP contribution >= 0.6 is 11.8 Å². The number of hydrogen-bond acceptors (Lipinski definition) is 4. The molecule has 0 saturated heterocycles. The van der Waals surface area contributed by atoms with Crippen molar-refractivity contribution in [1.82, 2.24) is 4.98 Å². The number of carbonyl (C=O) groups excluding carboxylic acids is 1. The topological polar surface area (TPSA) is 69.1 Å². The molecule has 1 amide bonds. The van der Waals surface area contributed by atoms with Crippen LogP contribution in [0.2, 0.25) is 0 Å². The van der Waals surface area contributed by atoms with E-state index < -0.39 is 5.91 Å². The fourth-order valence-corrected chi connectivity index (χ4v) is 1.97. The van der Waals surface area contributed by atoms with Crippen LogP contribution < -0.4 is 5.73 Å². The number of aromatic nitrogens is 1. The lowest BCUT2D eigenvalue weighted by Gasteiger charge is -2.02. The van der Waals surface area contributed by atoms with Crippen molar-refractivity contribution < 1.29 is 9.21 Å². The minimum atomic E-state index is -0.447. The van der Waals surface area contributed by atoms with Crippen molar-refractivity contribution in [3.8, 4) is 0 Å². The van der Waals surface area contributed by atoms with Crippen LogP contribution in [0.5, 0.6) is 0 Å². The number of nitrogens with two attached hydrogens (primary N) is 1. The van der Waals surface area contributed by atoms with Crippen molar-refractivity contribution in [1.29, 1.82) is 0 Å². The van der Waals surface area contributed by atoms with Gasteiger partial charge >= 0.3 is 0 Å². The van der Waals surface area contributed by atoms with Gasteiger partial charge in [-0.3, -0.25) is 4.79 Å². The monoisotopic (exact) mass is 220 g/mol. The average Bonchev–Trinajstić information content (AvgIpc) is 2.71. The molecule has 2 N–H and O–H groups in total. The first kappa shape index (κ1) is 9.79. The molecule has 0 fully saturated rings. The van der Waals surface area contributed by atoms with Crippen LogP contribution in [0.15, 0.2) is 51.3 Å². The molecular formula is C10H8N2O2S. The molecule has 1 aromatic carbocycles. The summed E-state index contributed by atoms with van der Waals surface area (Å²) in [5.74, 6) is -0.447. The second-order valence-electron chi connectivity index (χ2n) is 2.78. The Morgan fingerprint density at radius 3 is 2.87 bits per heavy atom. The second-order valence-corrected chi connectivity index (χ2v) is 3.83. The van der Waals surface area contributed by atoms with Gasteiger partial charge in [0, 0.05) is 4.90 Å². The molecule has 5 heteroatoms. The summed E-state index contributed by atoms with van der Waals surface area (Å²) in [5.41, 5.74) is 5.73. The van der Waals surface area contributed by atoms with Gasteiger partial charge in [-0.1, -0.05) is 12.1 Å². The summed E-state index contributed by atoms with van der Waals surface area (Å²) in [5, 5.41) is 0.628. The Balaban J connectivity index is 2.32. The Labute approximate surface area is 90.5 Å². The van der Waals surface area contributed by atoms with Crippen molar-refractivity contribution in [3.05, 3.63) is 42.4 Å². The van der Waals surface area contributed by atoms with Crippen molar-refractivity contribution >= 4 is 17.7 Å². The van der Waals surface area contributed by atoms with E-state index in [1.807, 2.05) is 12.1 Å². The summed E-state index contributed by atoms with van der Waals surface area (Å²) >= 11 is 1.32. The van der Waals surface area contributed by atoms with Crippen LogP contribution in [0.1, 0.15) is 10.4 Å². The van der Waals surface area contributed by atoms with E-state index in [0.29, 0.717) is 10.7 Å². The summed E-state index contributed by atoms with van der Waals surface area (Å²) in [6, 6.07) is 7.10.